The van der Waals surface area contributed by atoms with E-state index in [1.165, 1.54) is 6.07 Å². The van der Waals surface area contributed by atoms with Gasteiger partial charge in [-0.2, -0.15) is 0 Å². The molecule has 0 spiro atoms. The maximum atomic E-state index is 14.0. The van der Waals surface area contributed by atoms with Crippen molar-refractivity contribution in [1.29, 1.82) is 0 Å². The minimum atomic E-state index is -0.280. The molecule has 0 fully saturated rings. The Morgan fingerprint density at radius 1 is 1.11 bits per heavy atom. The summed E-state index contributed by atoms with van der Waals surface area (Å²) >= 11 is 0. The molecular weight excluding hydrogens is 351 g/mol. The van der Waals surface area contributed by atoms with Crippen molar-refractivity contribution in [2.45, 2.75) is 52.6 Å². The Morgan fingerprint density at radius 2 is 1.86 bits per heavy atom. The molecule has 0 aliphatic rings. The smallest absolute Gasteiger partial charge is 0.221 e. The third kappa shape index (κ3) is 4.27. The number of para-hydroxylation sites is 1. The van der Waals surface area contributed by atoms with Crippen LogP contribution in [0.4, 0.5) is 4.39 Å². The minimum Gasteiger partial charge on any atom is -0.353 e. The number of nitrogens with one attached hydrogen (secondary N) is 1. The largest absolute Gasteiger partial charge is 0.353 e. The Balaban J connectivity index is 2.04. The lowest BCUT2D eigenvalue weighted by atomic mass is 9.87. The lowest BCUT2D eigenvalue weighted by Crippen LogP contribution is -2.36. The Hall–Kier alpha value is -2.62. The third-order valence-electron chi connectivity index (χ3n) is 5.56. The molecule has 1 N–H and O–H groups in total. The van der Waals surface area contributed by atoms with Crippen molar-refractivity contribution in [3.63, 3.8) is 0 Å². The molecule has 4 heteroatoms. The van der Waals surface area contributed by atoms with Crippen LogP contribution in [-0.4, -0.2) is 16.5 Å². The minimum absolute atomic E-state index is 0.0104. The van der Waals surface area contributed by atoms with Crippen molar-refractivity contribution in [1.82, 2.24) is 9.88 Å². The average Bonchev–Trinajstić information content (AvgIpc) is 3.04. The van der Waals surface area contributed by atoms with E-state index in [0.29, 0.717) is 5.92 Å². The summed E-state index contributed by atoms with van der Waals surface area (Å²) in [6.45, 7) is 9.13. The topological polar surface area (TPSA) is 34.0 Å². The van der Waals surface area contributed by atoms with Gasteiger partial charge in [-0.05, 0) is 49.1 Å². The van der Waals surface area contributed by atoms with E-state index in [-0.39, 0.29) is 30.1 Å². The second-order valence-electron chi connectivity index (χ2n) is 7.80. The number of hydrogen-bond acceptors (Lipinski definition) is 1. The second kappa shape index (κ2) is 8.59. The van der Waals surface area contributed by atoms with E-state index in [9.17, 15) is 9.18 Å². The van der Waals surface area contributed by atoms with Crippen molar-refractivity contribution in [2.24, 2.45) is 5.92 Å². The van der Waals surface area contributed by atoms with Crippen LogP contribution >= 0.6 is 0 Å². The highest BCUT2D eigenvalue weighted by atomic mass is 19.1. The monoisotopic (exact) mass is 380 g/mol. The number of amides is 1. The van der Waals surface area contributed by atoms with E-state index < -0.39 is 0 Å². The van der Waals surface area contributed by atoms with Crippen LogP contribution in [0.1, 0.15) is 51.2 Å². The molecule has 0 aliphatic carbocycles. The predicted octanol–water partition coefficient (Wildman–Crippen LogP) is 5.48. The van der Waals surface area contributed by atoms with Gasteiger partial charge in [0.25, 0.3) is 0 Å². The highest BCUT2D eigenvalue weighted by Gasteiger charge is 2.24. The third-order valence-corrected chi connectivity index (χ3v) is 5.56. The summed E-state index contributed by atoms with van der Waals surface area (Å²) in [7, 11) is 0. The van der Waals surface area contributed by atoms with Crippen molar-refractivity contribution in [2.75, 3.05) is 0 Å². The van der Waals surface area contributed by atoms with Crippen molar-refractivity contribution in [3.8, 4) is 0 Å². The molecule has 0 saturated carbocycles. The van der Waals surface area contributed by atoms with Gasteiger partial charge in [0, 0.05) is 42.0 Å². The van der Waals surface area contributed by atoms with Crippen LogP contribution in [-0.2, 0) is 11.3 Å². The molecule has 2 aromatic carbocycles. The molecule has 0 bridgehead atoms. The number of aryl methyl sites for hydroxylation is 1. The fraction of sp³-hybridized carbons (Fsp3) is 0.375. The first kappa shape index (κ1) is 20.1. The van der Waals surface area contributed by atoms with E-state index in [1.807, 2.05) is 25.1 Å². The van der Waals surface area contributed by atoms with Crippen LogP contribution in [0.5, 0.6) is 0 Å². The molecule has 3 aromatic rings. The molecular formula is C24H29FN2O. The fourth-order valence-corrected chi connectivity index (χ4v) is 3.61. The van der Waals surface area contributed by atoms with Crippen molar-refractivity contribution < 1.29 is 9.18 Å². The van der Waals surface area contributed by atoms with Crippen LogP contribution in [0, 0.1) is 11.7 Å². The Morgan fingerprint density at radius 3 is 2.54 bits per heavy atom. The van der Waals surface area contributed by atoms with Gasteiger partial charge in [-0.1, -0.05) is 44.2 Å². The van der Waals surface area contributed by atoms with E-state index >= 15 is 0 Å². The maximum Gasteiger partial charge on any atom is 0.221 e. The standard InChI is InChI=1S/C24H29FN2O/c1-5-27-15-22(20-11-6-7-12-23(20)27)21(18-9-8-10-19(25)13-18)14-24(28)26-17(4)16(2)3/h6-13,15-17,21H,5,14H2,1-4H3,(H,26,28)/t17-,21-/m0/s1. The number of carbonyl (C=O) groups is 1. The molecule has 0 radical (unpaired) electrons. The molecule has 2 atom stereocenters. The first-order chi connectivity index (χ1) is 13.4. The van der Waals surface area contributed by atoms with E-state index in [0.717, 1.165) is 28.6 Å². The highest BCUT2D eigenvalue weighted by molar-refractivity contribution is 5.86. The van der Waals surface area contributed by atoms with Crippen LogP contribution in [0.25, 0.3) is 10.9 Å². The second-order valence-corrected chi connectivity index (χ2v) is 7.80. The summed E-state index contributed by atoms with van der Waals surface area (Å²) in [6, 6.07) is 14.9. The Kier molecular flexibility index (Phi) is 6.18. The molecule has 148 valence electrons. The number of nitrogens with zero attached hydrogens (tertiary/aromatic N) is 1. The zero-order valence-electron chi connectivity index (χ0n) is 17.1. The van der Waals surface area contributed by atoms with E-state index in [4.69, 9.17) is 0 Å². The zero-order valence-corrected chi connectivity index (χ0v) is 17.1. The number of rotatable bonds is 7. The summed E-state index contributed by atoms with van der Waals surface area (Å²) in [5.74, 6) is -0.132. The molecule has 0 unspecified atom stereocenters. The number of carbonyl (C=O) groups excluding carboxylic acids is 1. The molecule has 3 rings (SSSR count). The van der Waals surface area contributed by atoms with Gasteiger partial charge in [0.15, 0.2) is 0 Å². The predicted molar refractivity (Wildman–Crippen MR) is 113 cm³/mol. The summed E-state index contributed by atoms with van der Waals surface area (Å²) in [5.41, 5.74) is 3.03. The van der Waals surface area contributed by atoms with Crippen molar-refractivity contribution >= 4 is 16.8 Å². The van der Waals surface area contributed by atoms with Crippen LogP contribution in [0.2, 0.25) is 0 Å². The summed E-state index contributed by atoms with van der Waals surface area (Å²) in [4.78, 5) is 12.8. The van der Waals surface area contributed by atoms with Gasteiger partial charge in [-0.25, -0.2) is 4.39 Å². The Labute approximate surface area is 166 Å². The van der Waals surface area contributed by atoms with E-state index in [1.54, 1.807) is 12.1 Å². The van der Waals surface area contributed by atoms with Gasteiger partial charge in [0.1, 0.15) is 5.82 Å². The van der Waals surface area contributed by atoms with Gasteiger partial charge < -0.3 is 9.88 Å². The van der Waals surface area contributed by atoms with Gasteiger partial charge >= 0.3 is 0 Å². The fourth-order valence-electron chi connectivity index (χ4n) is 3.61. The number of hydrogen-bond donors (Lipinski definition) is 1. The molecule has 28 heavy (non-hydrogen) atoms. The van der Waals surface area contributed by atoms with Gasteiger partial charge in [0.05, 0.1) is 0 Å². The summed E-state index contributed by atoms with van der Waals surface area (Å²) in [6.07, 6.45) is 2.40. The van der Waals surface area contributed by atoms with E-state index in [2.05, 4.69) is 49.0 Å². The van der Waals surface area contributed by atoms with Gasteiger partial charge in [0.2, 0.25) is 5.91 Å². The van der Waals surface area contributed by atoms with Gasteiger partial charge in [-0.3, -0.25) is 4.79 Å². The summed E-state index contributed by atoms with van der Waals surface area (Å²) < 4.78 is 16.2. The molecule has 0 saturated heterocycles. The Bertz CT molecular complexity index is 960. The number of fused-ring (bicyclic) bond motifs is 1. The van der Waals surface area contributed by atoms with Crippen LogP contribution in [0.3, 0.4) is 0 Å². The van der Waals surface area contributed by atoms with Crippen LogP contribution in [0.15, 0.2) is 54.7 Å². The maximum absolute atomic E-state index is 14.0. The normalized spacial score (nSPS) is 13.6. The molecule has 3 nitrogen and oxygen atoms in total. The number of halogens is 1. The molecule has 1 heterocycles. The van der Waals surface area contributed by atoms with Crippen LogP contribution < -0.4 is 5.32 Å². The number of aromatic nitrogens is 1. The number of benzene rings is 2. The quantitative estimate of drug-likeness (QED) is 0.578. The molecule has 1 amide bonds. The SMILES string of the molecule is CCn1cc([C@@H](CC(=O)N[C@@H](C)C(C)C)c2cccc(F)c2)c2ccccc21. The van der Waals surface area contributed by atoms with Gasteiger partial charge in [-0.15, -0.1) is 0 Å². The first-order valence-corrected chi connectivity index (χ1v) is 10.0. The lowest BCUT2D eigenvalue weighted by molar-refractivity contribution is -0.122. The first-order valence-electron chi connectivity index (χ1n) is 10.0. The zero-order chi connectivity index (χ0) is 20.3. The molecule has 0 aliphatic heterocycles. The highest BCUT2D eigenvalue weighted by Crippen LogP contribution is 2.35. The van der Waals surface area contributed by atoms with Crippen molar-refractivity contribution in [3.05, 3.63) is 71.7 Å². The lowest BCUT2D eigenvalue weighted by Gasteiger charge is -2.21. The summed E-state index contributed by atoms with van der Waals surface area (Å²) in [5, 5.41) is 4.21. The average molecular weight is 381 g/mol. The molecule has 1 aromatic heterocycles.